The van der Waals surface area contributed by atoms with Gasteiger partial charge in [0.25, 0.3) is 0 Å². The smallest absolute Gasteiger partial charge is 0.307 e. The van der Waals surface area contributed by atoms with Gasteiger partial charge in [-0.15, -0.1) is 11.3 Å². The molecule has 2 heterocycles. The number of carboxylic acids is 2. The third kappa shape index (κ3) is 5.90. The number of fused-ring (bicyclic) bond motifs is 2. The molecule has 3 aromatic rings. The first-order valence-electron chi connectivity index (χ1n) is 15.0. The molecule has 2 aromatic carbocycles. The molecule has 1 amide bonds. The summed E-state index contributed by atoms with van der Waals surface area (Å²) in [5, 5.41) is 19.5. The summed E-state index contributed by atoms with van der Waals surface area (Å²) in [4.78, 5) is 51.0. The van der Waals surface area contributed by atoms with Gasteiger partial charge in [-0.2, -0.15) is 0 Å². The molecular formula is C33H35NO10S. The summed E-state index contributed by atoms with van der Waals surface area (Å²) in [6, 6.07) is 9.20. The Labute approximate surface area is 263 Å². The van der Waals surface area contributed by atoms with Crippen LogP contribution in [0.1, 0.15) is 52.9 Å². The number of thiophene rings is 1. The van der Waals surface area contributed by atoms with Crippen LogP contribution in [-0.2, 0) is 27.5 Å². The summed E-state index contributed by atoms with van der Waals surface area (Å²) in [7, 11) is 3.11. The molecule has 4 atom stereocenters. The molecule has 2 fully saturated rings. The Hall–Kier alpha value is -4.32. The Balaban J connectivity index is 1.04. The molecule has 6 rings (SSSR count). The predicted molar refractivity (Wildman–Crippen MR) is 163 cm³/mol. The molecular weight excluding hydrogens is 602 g/mol. The van der Waals surface area contributed by atoms with Crippen LogP contribution in [0.5, 0.6) is 23.0 Å². The Morgan fingerprint density at radius 3 is 1.82 bits per heavy atom. The van der Waals surface area contributed by atoms with Gasteiger partial charge in [0.2, 0.25) is 5.91 Å². The second-order valence-corrected chi connectivity index (χ2v) is 12.9. The fourth-order valence-corrected chi connectivity index (χ4v) is 7.39. The van der Waals surface area contributed by atoms with Gasteiger partial charge in [-0.3, -0.25) is 19.2 Å². The lowest BCUT2D eigenvalue weighted by Gasteiger charge is -2.34. The summed E-state index contributed by atoms with van der Waals surface area (Å²) in [5.74, 6) is -2.04. The van der Waals surface area contributed by atoms with Gasteiger partial charge in [0.1, 0.15) is 0 Å². The Morgan fingerprint density at radius 1 is 0.733 bits per heavy atom. The molecule has 3 aliphatic rings. The first-order valence-corrected chi connectivity index (χ1v) is 15.9. The summed E-state index contributed by atoms with van der Waals surface area (Å²) in [6.07, 6.45) is 2.81. The standard InChI is InChI=1S/C33H35NO10S/c1-41-24-11-18-15-34(31(36)21-5-7-23(21)33(39)40)16-19(18)12-27(24)44-9-3-8-43-26-10-17-13-29(45-28(17)14-25(26)42-2)30(35)20-4-6-22(20)32(37)38/h10-14,20-23H,3-9,15-16H2,1-2H3,(H,37,38)(H,39,40)/t20-,21-,22-,23-/m1/s1. The molecule has 238 valence electrons. The highest BCUT2D eigenvalue weighted by Crippen LogP contribution is 2.42. The number of nitrogens with zero attached hydrogens (tertiary/aromatic N) is 1. The molecule has 1 aromatic heterocycles. The molecule has 0 radical (unpaired) electrons. The summed E-state index contributed by atoms with van der Waals surface area (Å²) < 4.78 is 24.0. The number of rotatable bonds is 13. The highest BCUT2D eigenvalue weighted by atomic mass is 32.1. The van der Waals surface area contributed by atoms with Gasteiger partial charge < -0.3 is 34.1 Å². The minimum Gasteiger partial charge on any atom is -0.493 e. The second-order valence-electron chi connectivity index (χ2n) is 11.8. The van der Waals surface area contributed by atoms with Crippen molar-refractivity contribution in [3.63, 3.8) is 0 Å². The van der Waals surface area contributed by atoms with Crippen molar-refractivity contribution >= 4 is 45.1 Å². The number of hydrogen-bond acceptors (Lipinski definition) is 9. The van der Waals surface area contributed by atoms with Gasteiger partial charge in [0.15, 0.2) is 28.8 Å². The third-order valence-electron chi connectivity index (χ3n) is 9.21. The maximum atomic E-state index is 13.0. The molecule has 2 N–H and O–H groups in total. The van der Waals surface area contributed by atoms with Crippen LogP contribution in [0.15, 0.2) is 30.3 Å². The lowest BCUT2D eigenvalue weighted by atomic mass is 9.71. The lowest BCUT2D eigenvalue weighted by molar-refractivity contribution is -0.156. The van der Waals surface area contributed by atoms with Crippen molar-refractivity contribution < 1.29 is 48.3 Å². The average molecular weight is 638 g/mol. The molecule has 45 heavy (non-hydrogen) atoms. The van der Waals surface area contributed by atoms with Crippen LogP contribution in [-0.4, -0.2) is 66.2 Å². The van der Waals surface area contributed by atoms with Gasteiger partial charge in [0, 0.05) is 36.2 Å². The van der Waals surface area contributed by atoms with Crippen molar-refractivity contribution in [3.8, 4) is 23.0 Å². The van der Waals surface area contributed by atoms with Crippen molar-refractivity contribution in [1.82, 2.24) is 4.90 Å². The van der Waals surface area contributed by atoms with E-state index >= 15 is 0 Å². The van der Waals surface area contributed by atoms with Crippen molar-refractivity contribution in [1.29, 1.82) is 0 Å². The van der Waals surface area contributed by atoms with E-state index in [1.54, 1.807) is 25.2 Å². The number of hydrogen-bond donors (Lipinski definition) is 2. The van der Waals surface area contributed by atoms with Gasteiger partial charge in [-0.25, -0.2) is 0 Å². The van der Waals surface area contributed by atoms with E-state index in [0.717, 1.165) is 21.2 Å². The number of carboxylic acid groups (broad SMARTS) is 2. The van der Waals surface area contributed by atoms with Crippen LogP contribution in [0, 0.1) is 23.7 Å². The molecule has 2 aliphatic carbocycles. The van der Waals surface area contributed by atoms with Gasteiger partial charge in [-0.1, -0.05) is 0 Å². The number of carbonyl (C=O) groups is 4. The fourth-order valence-electron chi connectivity index (χ4n) is 6.32. The van der Waals surface area contributed by atoms with Gasteiger partial charge in [-0.05, 0) is 66.5 Å². The largest absolute Gasteiger partial charge is 0.493 e. The minimum absolute atomic E-state index is 0.118. The van der Waals surface area contributed by atoms with E-state index in [0.29, 0.717) is 86.3 Å². The van der Waals surface area contributed by atoms with Gasteiger partial charge >= 0.3 is 11.9 Å². The van der Waals surface area contributed by atoms with Crippen molar-refractivity contribution in [2.24, 2.45) is 23.7 Å². The zero-order valence-electron chi connectivity index (χ0n) is 25.1. The van der Waals surface area contributed by atoms with E-state index in [1.807, 2.05) is 24.3 Å². The zero-order valence-corrected chi connectivity index (χ0v) is 25.9. The highest BCUT2D eigenvalue weighted by molar-refractivity contribution is 7.20. The van der Waals surface area contributed by atoms with Crippen LogP contribution in [0.25, 0.3) is 10.1 Å². The summed E-state index contributed by atoms with van der Waals surface area (Å²) in [6.45, 7) is 1.49. The first-order chi connectivity index (χ1) is 21.7. The van der Waals surface area contributed by atoms with Crippen LogP contribution in [0.3, 0.4) is 0 Å². The van der Waals surface area contributed by atoms with Gasteiger partial charge in [0.05, 0.1) is 50.1 Å². The zero-order chi connectivity index (χ0) is 31.8. The van der Waals surface area contributed by atoms with Crippen LogP contribution < -0.4 is 18.9 Å². The second kappa shape index (κ2) is 12.6. The monoisotopic (exact) mass is 637 g/mol. The first kappa shape index (κ1) is 30.7. The number of aliphatic carboxylic acids is 2. The number of benzene rings is 2. The molecule has 12 heteroatoms. The predicted octanol–water partition coefficient (Wildman–Crippen LogP) is 5.01. The number of ketones is 1. The molecule has 0 bridgehead atoms. The van der Waals surface area contributed by atoms with E-state index < -0.39 is 35.6 Å². The van der Waals surface area contributed by atoms with E-state index in [1.165, 1.54) is 11.3 Å². The normalized spacial score (nSPS) is 21.8. The van der Waals surface area contributed by atoms with Crippen molar-refractivity contribution in [2.75, 3.05) is 27.4 Å². The third-order valence-corrected chi connectivity index (χ3v) is 10.3. The molecule has 1 aliphatic heterocycles. The minimum atomic E-state index is -0.920. The van der Waals surface area contributed by atoms with Crippen molar-refractivity contribution in [3.05, 3.63) is 46.3 Å². The Bertz CT molecular complexity index is 1660. The maximum Gasteiger partial charge on any atom is 0.307 e. The van der Waals surface area contributed by atoms with Crippen LogP contribution in [0.2, 0.25) is 0 Å². The lowest BCUT2D eigenvalue weighted by Crippen LogP contribution is -2.44. The van der Waals surface area contributed by atoms with Crippen LogP contribution in [0.4, 0.5) is 0 Å². The van der Waals surface area contributed by atoms with Crippen LogP contribution >= 0.6 is 11.3 Å². The Kier molecular flexibility index (Phi) is 8.59. The maximum absolute atomic E-state index is 13.0. The highest BCUT2D eigenvalue weighted by Gasteiger charge is 2.44. The van der Waals surface area contributed by atoms with E-state index in [-0.39, 0.29) is 11.7 Å². The SMILES string of the molecule is COc1cc2c(cc1OCCCOc1cc3cc(C(=O)[C@@H]4CC[C@H]4C(=O)O)sc3cc1OC)CN(C(=O)[C@@H]1CC[C@H]1C(=O)O)C2. The number of carbonyl (C=O) groups excluding carboxylic acids is 2. The molecule has 2 saturated carbocycles. The van der Waals surface area contributed by atoms with E-state index in [9.17, 15) is 29.4 Å². The Morgan fingerprint density at radius 2 is 1.27 bits per heavy atom. The van der Waals surface area contributed by atoms with Crippen molar-refractivity contribution in [2.45, 2.75) is 45.2 Å². The average Bonchev–Trinajstić information content (AvgIpc) is 3.57. The molecule has 11 nitrogen and oxygen atoms in total. The fraction of sp³-hybridized carbons (Fsp3) is 0.455. The molecule has 0 unspecified atom stereocenters. The quantitative estimate of drug-likeness (QED) is 0.193. The van der Waals surface area contributed by atoms with E-state index in [2.05, 4.69) is 0 Å². The number of amides is 1. The van der Waals surface area contributed by atoms with E-state index in [4.69, 9.17) is 18.9 Å². The number of ether oxygens (including phenoxy) is 4. The summed E-state index contributed by atoms with van der Waals surface area (Å²) >= 11 is 1.33. The number of methoxy groups -OCH3 is 2. The number of Topliss-reactive ketones (excluding diaryl/α,β-unsaturated/α-hetero) is 1. The molecule has 0 saturated heterocycles. The molecule has 0 spiro atoms. The summed E-state index contributed by atoms with van der Waals surface area (Å²) in [5.41, 5.74) is 1.90. The topological polar surface area (TPSA) is 149 Å².